The van der Waals surface area contributed by atoms with Gasteiger partial charge in [0.25, 0.3) is 11.8 Å². The van der Waals surface area contributed by atoms with Crippen molar-refractivity contribution in [2.45, 2.75) is 26.7 Å². The molecule has 0 aliphatic carbocycles. The first-order valence-electron chi connectivity index (χ1n) is 13.1. The summed E-state index contributed by atoms with van der Waals surface area (Å²) in [6.45, 7) is 4.31. The number of fused-ring (bicyclic) bond motifs is 6. The van der Waals surface area contributed by atoms with Gasteiger partial charge in [0.05, 0.1) is 23.9 Å². The van der Waals surface area contributed by atoms with E-state index in [9.17, 15) is 14.0 Å². The van der Waals surface area contributed by atoms with Crippen molar-refractivity contribution in [3.05, 3.63) is 88.6 Å². The van der Waals surface area contributed by atoms with E-state index in [2.05, 4.69) is 37.0 Å². The number of hydrogen-bond donors (Lipinski definition) is 3. The molecule has 0 saturated heterocycles. The quantitative estimate of drug-likeness (QED) is 0.231. The molecule has 2 amide bonds. The number of carbonyl (C=O) groups excluding carboxylic acids is 2. The number of pyridine rings is 1. The number of anilines is 4. The van der Waals surface area contributed by atoms with Crippen LogP contribution in [-0.2, 0) is 11.3 Å². The highest BCUT2D eigenvalue weighted by molar-refractivity contribution is 6.07. The average molecular weight is 556 g/mol. The van der Waals surface area contributed by atoms with Gasteiger partial charge in [0.15, 0.2) is 0 Å². The molecule has 2 aromatic heterocycles. The van der Waals surface area contributed by atoms with Gasteiger partial charge in [0.1, 0.15) is 5.82 Å². The zero-order valence-electron chi connectivity index (χ0n) is 23.2. The highest BCUT2D eigenvalue weighted by Gasteiger charge is 2.22. The van der Waals surface area contributed by atoms with E-state index in [4.69, 9.17) is 4.84 Å². The zero-order valence-corrected chi connectivity index (χ0v) is 23.2. The van der Waals surface area contributed by atoms with Crippen molar-refractivity contribution >= 4 is 35.0 Å². The third kappa shape index (κ3) is 6.15. The van der Waals surface area contributed by atoms with Crippen LogP contribution in [-0.4, -0.2) is 52.5 Å². The van der Waals surface area contributed by atoms with E-state index in [1.54, 1.807) is 30.5 Å². The lowest BCUT2D eigenvalue weighted by Gasteiger charge is -2.18. The third-order valence-electron chi connectivity index (χ3n) is 6.77. The van der Waals surface area contributed by atoms with Gasteiger partial charge in [0.2, 0.25) is 11.9 Å². The molecule has 2 aromatic carbocycles. The van der Waals surface area contributed by atoms with Crippen molar-refractivity contribution < 1.29 is 18.8 Å². The molecule has 0 spiro atoms. The smallest absolute Gasteiger partial charge is 0.277 e. The molecule has 0 atom stereocenters. The second kappa shape index (κ2) is 11.7. The van der Waals surface area contributed by atoms with Crippen LogP contribution >= 0.6 is 0 Å². The SMILES string of the molecule is CON(C)C(=O)c1cc2ccc1C(=O)NCCCc1cc(C)cc(c1)Nc1nc(ncc1C)Nc1cc-2cnc1F. The van der Waals surface area contributed by atoms with Crippen molar-refractivity contribution in [3.63, 3.8) is 0 Å². The Morgan fingerprint density at radius 1 is 1.02 bits per heavy atom. The summed E-state index contributed by atoms with van der Waals surface area (Å²) in [5.74, 6) is -0.870. The Kier molecular flexibility index (Phi) is 7.88. The number of carbonyl (C=O) groups is 2. The number of benzene rings is 2. The van der Waals surface area contributed by atoms with Crippen LogP contribution in [0.1, 0.15) is 43.8 Å². The Morgan fingerprint density at radius 3 is 2.66 bits per heavy atom. The largest absolute Gasteiger partial charge is 0.352 e. The number of hydroxylamine groups is 2. The van der Waals surface area contributed by atoms with Crippen LogP contribution < -0.4 is 16.0 Å². The molecule has 2 aliphatic rings. The third-order valence-corrected chi connectivity index (χ3v) is 6.77. The van der Waals surface area contributed by atoms with Gasteiger partial charge in [0, 0.05) is 42.8 Å². The van der Waals surface area contributed by atoms with E-state index in [1.165, 1.54) is 20.4 Å². The van der Waals surface area contributed by atoms with Crippen LogP contribution in [0, 0.1) is 19.8 Å². The lowest BCUT2D eigenvalue weighted by Crippen LogP contribution is -2.31. The summed E-state index contributed by atoms with van der Waals surface area (Å²) in [4.78, 5) is 44.3. The van der Waals surface area contributed by atoms with Crippen molar-refractivity contribution in [2.24, 2.45) is 0 Å². The normalized spacial score (nSPS) is 13.0. The number of hydrogen-bond acceptors (Lipinski definition) is 8. The molecule has 4 aromatic rings. The molecule has 0 radical (unpaired) electrons. The summed E-state index contributed by atoms with van der Waals surface area (Å²) in [6, 6.07) is 12.5. The van der Waals surface area contributed by atoms with Crippen LogP contribution in [0.4, 0.5) is 27.5 Å². The fraction of sp³-hybridized carbons (Fsp3) is 0.233. The van der Waals surface area contributed by atoms with Gasteiger partial charge in [-0.15, -0.1) is 0 Å². The maximum Gasteiger partial charge on any atom is 0.277 e. The van der Waals surface area contributed by atoms with E-state index in [0.29, 0.717) is 29.9 Å². The number of amides is 2. The zero-order chi connectivity index (χ0) is 29.1. The van der Waals surface area contributed by atoms with Crippen LogP contribution in [0.2, 0.25) is 0 Å². The first-order valence-corrected chi connectivity index (χ1v) is 13.1. The summed E-state index contributed by atoms with van der Waals surface area (Å²) >= 11 is 0. The van der Waals surface area contributed by atoms with Crippen molar-refractivity contribution in [2.75, 3.05) is 31.3 Å². The van der Waals surface area contributed by atoms with Gasteiger partial charge in [-0.1, -0.05) is 12.1 Å². The molecule has 0 fully saturated rings. The second-order valence-corrected chi connectivity index (χ2v) is 9.85. The lowest BCUT2D eigenvalue weighted by molar-refractivity contribution is -0.0757. The summed E-state index contributed by atoms with van der Waals surface area (Å²) in [5, 5.41) is 10.2. The van der Waals surface area contributed by atoms with E-state index >= 15 is 0 Å². The van der Waals surface area contributed by atoms with Crippen LogP contribution in [0.5, 0.6) is 0 Å². The minimum absolute atomic E-state index is 0.0493. The molecular formula is C30H30FN7O3. The first-order chi connectivity index (χ1) is 19.7. The lowest BCUT2D eigenvalue weighted by atomic mass is 9.98. The summed E-state index contributed by atoms with van der Waals surface area (Å²) in [5.41, 5.74) is 5.28. The molecule has 6 rings (SSSR count). The fourth-order valence-electron chi connectivity index (χ4n) is 4.60. The molecule has 4 heterocycles. The predicted octanol–water partition coefficient (Wildman–Crippen LogP) is 5.09. The van der Waals surface area contributed by atoms with Crippen LogP contribution in [0.15, 0.2) is 54.9 Å². The van der Waals surface area contributed by atoms with Gasteiger partial charge >= 0.3 is 0 Å². The van der Waals surface area contributed by atoms with Gasteiger partial charge in [-0.25, -0.2) is 15.0 Å². The van der Waals surface area contributed by atoms with Crippen molar-refractivity contribution in [1.29, 1.82) is 0 Å². The predicted molar refractivity (Wildman–Crippen MR) is 154 cm³/mol. The Morgan fingerprint density at radius 2 is 1.85 bits per heavy atom. The number of rotatable bonds is 2. The number of aromatic nitrogens is 3. The molecule has 10 nitrogen and oxygen atoms in total. The Balaban J connectivity index is 1.62. The number of nitrogens with zero attached hydrogens (tertiary/aromatic N) is 4. The van der Waals surface area contributed by atoms with Crippen molar-refractivity contribution in [1.82, 2.24) is 25.3 Å². The molecule has 0 unspecified atom stereocenters. The van der Waals surface area contributed by atoms with Gasteiger partial charge in [-0.05, 0) is 73.7 Å². The molecular weight excluding hydrogens is 525 g/mol. The molecule has 210 valence electrons. The number of nitrogens with one attached hydrogen (secondary N) is 3. The summed E-state index contributed by atoms with van der Waals surface area (Å²) in [7, 11) is 2.83. The van der Waals surface area contributed by atoms with E-state index < -0.39 is 11.9 Å². The molecule has 41 heavy (non-hydrogen) atoms. The van der Waals surface area contributed by atoms with Crippen LogP contribution in [0.25, 0.3) is 11.1 Å². The summed E-state index contributed by atoms with van der Waals surface area (Å²) in [6.07, 6.45) is 4.43. The highest BCUT2D eigenvalue weighted by Crippen LogP contribution is 2.29. The van der Waals surface area contributed by atoms with E-state index in [1.807, 2.05) is 26.0 Å². The van der Waals surface area contributed by atoms with Crippen LogP contribution in [0.3, 0.4) is 0 Å². The highest BCUT2D eigenvalue weighted by atomic mass is 19.1. The topological polar surface area (TPSA) is 121 Å². The molecule has 2 aliphatic heterocycles. The molecule has 11 heteroatoms. The van der Waals surface area contributed by atoms with Gasteiger partial charge < -0.3 is 16.0 Å². The van der Waals surface area contributed by atoms with Crippen molar-refractivity contribution in [3.8, 4) is 11.1 Å². The second-order valence-electron chi connectivity index (χ2n) is 9.85. The average Bonchev–Trinajstić information content (AvgIpc) is 2.96. The molecule has 3 N–H and O–H groups in total. The minimum atomic E-state index is -0.746. The fourth-order valence-corrected chi connectivity index (χ4v) is 4.60. The molecule has 8 bridgehead atoms. The van der Waals surface area contributed by atoms with E-state index in [0.717, 1.165) is 33.9 Å². The first kappa shape index (κ1) is 27.7. The number of halogens is 1. The minimum Gasteiger partial charge on any atom is -0.352 e. The monoisotopic (exact) mass is 555 g/mol. The Bertz CT molecular complexity index is 1640. The standard InChI is InChI=1S/C30H30FN7O3/c1-17-10-19-6-5-9-32-28(39)23-8-7-20(13-24(23)29(40)38(3)41-4)21-14-25(26(31)33-16-21)36-30-34-15-18(2)27(37-30)35-22(11-17)12-19/h7-8,10-16H,5-6,9H2,1-4H3,(H,32,39)(H2,34,35,36,37). The van der Waals surface area contributed by atoms with Gasteiger partial charge in [-0.3, -0.25) is 14.4 Å². The molecule has 0 saturated carbocycles. The maximum absolute atomic E-state index is 14.8. The summed E-state index contributed by atoms with van der Waals surface area (Å²) < 4.78 is 14.8. The Labute approximate surface area is 237 Å². The Hall–Kier alpha value is -4.90. The maximum atomic E-state index is 14.8. The van der Waals surface area contributed by atoms with Gasteiger partial charge in [-0.2, -0.15) is 9.37 Å². The van der Waals surface area contributed by atoms with E-state index in [-0.39, 0.29) is 28.7 Å². The number of aryl methyl sites for hydroxylation is 3.